The summed E-state index contributed by atoms with van der Waals surface area (Å²) in [5.74, 6) is -0.378. The quantitative estimate of drug-likeness (QED) is 0.168. The summed E-state index contributed by atoms with van der Waals surface area (Å²) >= 11 is 0. The summed E-state index contributed by atoms with van der Waals surface area (Å²) < 4.78 is 4.89. The number of carbonyl (C=O) groups excluding carboxylic acids is 1. The third kappa shape index (κ3) is 16.1. The van der Waals surface area contributed by atoms with E-state index in [2.05, 4.69) is 25.2 Å². The van der Waals surface area contributed by atoms with Crippen LogP contribution in [0.4, 0.5) is 0 Å². The zero-order valence-electron chi connectivity index (χ0n) is 16.1. The van der Waals surface area contributed by atoms with E-state index < -0.39 is 12.2 Å². The Morgan fingerprint density at radius 3 is 2.35 bits per heavy atom. The molecular formula is C21H36O5. The maximum Gasteiger partial charge on any atom is 0.306 e. The molecule has 0 rings (SSSR count). The fourth-order valence-corrected chi connectivity index (χ4v) is 2.32. The number of hydrogen-bond donors (Lipinski definition) is 3. The van der Waals surface area contributed by atoms with Crippen molar-refractivity contribution in [2.24, 2.45) is 0 Å². The van der Waals surface area contributed by atoms with Crippen LogP contribution in [0.25, 0.3) is 0 Å². The lowest BCUT2D eigenvalue weighted by molar-refractivity contribution is -0.153. The molecule has 0 amide bonds. The van der Waals surface area contributed by atoms with Gasteiger partial charge in [0.15, 0.2) is 0 Å². The third-order valence-electron chi connectivity index (χ3n) is 3.84. The van der Waals surface area contributed by atoms with Gasteiger partial charge in [-0.25, -0.2) is 0 Å². The first-order valence-electron chi connectivity index (χ1n) is 9.71. The molecule has 0 aliphatic heterocycles. The molecule has 0 aliphatic carbocycles. The van der Waals surface area contributed by atoms with Gasteiger partial charge >= 0.3 is 5.97 Å². The van der Waals surface area contributed by atoms with E-state index in [9.17, 15) is 9.90 Å². The molecule has 0 saturated heterocycles. The maximum atomic E-state index is 11.5. The zero-order chi connectivity index (χ0) is 19.5. The molecule has 0 heterocycles. The standard InChI is InChI=1S/C21H36O5/c1-2-3-4-5-6-8-11-14-19(24)15-12-9-7-10-13-16-21(25)26-20(17-22)18-23/h3-4,6,8,11,14,19-20,22-24H,2,5,7,9-10,12-13,15-18H2,1H3/b4-3+,8-6+,14-11+. The van der Waals surface area contributed by atoms with Crippen molar-refractivity contribution in [1.29, 1.82) is 0 Å². The first-order chi connectivity index (χ1) is 12.6. The van der Waals surface area contributed by atoms with E-state index in [-0.39, 0.29) is 19.2 Å². The topological polar surface area (TPSA) is 87.0 Å². The molecule has 0 saturated carbocycles. The highest BCUT2D eigenvalue weighted by molar-refractivity contribution is 5.69. The molecule has 1 unspecified atom stereocenters. The van der Waals surface area contributed by atoms with Crippen LogP contribution in [0.3, 0.4) is 0 Å². The summed E-state index contributed by atoms with van der Waals surface area (Å²) in [6.07, 6.45) is 18.4. The molecule has 3 N–H and O–H groups in total. The summed E-state index contributed by atoms with van der Waals surface area (Å²) in [5, 5.41) is 27.5. The van der Waals surface area contributed by atoms with Crippen molar-refractivity contribution < 1.29 is 24.9 Å². The molecule has 0 fully saturated rings. The van der Waals surface area contributed by atoms with Crippen molar-refractivity contribution in [1.82, 2.24) is 0 Å². The average Bonchev–Trinajstić information content (AvgIpc) is 2.64. The smallest absolute Gasteiger partial charge is 0.306 e. The number of esters is 1. The Balaban J connectivity index is 3.56. The summed E-state index contributed by atoms with van der Waals surface area (Å²) in [4.78, 5) is 11.5. The van der Waals surface area contributed by atoms with Crippen LogP contribution in [0, 0.1) is 0 Å². The highest BCUT2D eigenvalue weighted by Crippen LogP contribution is 2.10. The molecule has 150 valence electrons. The fourth-order valence-electron chi connectivity index (χ4n) is 2.32. The molecule has 0 aromatic rings. The van der Waals surface area contributed by atoms with Crippen LogP contribution >= 0.6 is 0 Å². The second-order valence-electron chi connectivity index (χ2n) is 6.28. The van der Waals surface area contributed by atoms with Crippen LogP contribution in [0.2, 0.25) is 0 Å². The van der Waals surface area contributed by atoms with Crippen LogP contribution in [0.15, 0.2) is 36.5 Å². The number of ether oxygens (including phenoxy) is 1. The fraction of sp³-hybridized carbons (Fsp3) is 0.667. The highest BCUT2D eigenvalue weighted by Gasteiger charge is 2.11. The Labute approximate surface area is 158 Å². The van der Waals surface area contributed by atoms with Crippen molar-refractivity contribution in [2.75, 3.05) is 13.2 Å². The molecule has 26 heavy (non-hydrogen) atoms. The lowest BCUT2D eigenvalue weighted by atomic mass is 10.1. The van der Waals surface area contributed by atoms with Gasteiger partial charge in [-0.05, 0) is 25.7 Å². The van der Waals surface area contributed by atoms with Gasteiger partial charge in [-0.2, -0.15) is 0 Å². The van der Waals surface area contributed by atoms with Crippen LogP contribution in [-0.4, -0.2) is 46.7 Å². The molecular weight excluding hydrogens is 332 g/mol. The van der Waals surface area contributed by atoms with E-state index in [1.165, 1.54) is 0 Å². The predicted octanol–water partition coefficient (Wildman–Crippen LogP) is 3.44. The summed E-state index contributed by atoms with van der Waals surface area (Å²) in [6, 6.07) is 0. The Morgan fingerprint density at radius 2 is 1.65 bits per heavy atom. The van der Waals surface area contributed by atoms with Gasteiger partial charge in [0.25, 0.3) is 0 Å². The van der Waals surface area contributed by atoms with E-state index in [1.807, 2.05) is 18.2 Å². The largest absolute Gasteiger partial charge is 0.457 e. The number of rotatable bonds is 16. The maximum absolute atomic E-state index is 11.5. The van der Waals surface area contributed by atoms with Crippen LogP contribution in [-0.2, 0) is 9.53 Å². The number of hydrogen-bond acceptors (Lipinski definition) is 5. The molecule has 5 nitrogen and oxygen atoms in total. The minimum Gasteiger partial charge on any atom is -0.457 e. The molecule has 0 bridgehead atoms. The van der Waals surface area contributed by atoms with Gasteiger partial charge in [0.2, 0.25) is 0 Å². The van der Waals surface area contributed by atoms with Gasteiger partial charge in [-0.15, -0.1) is 0 Å². The first-order valence-corrected chi connectivity index (χ1v) is 9.71. The Bertz CT molecular complexity index is 411. The Kier molecular flexibility index (Phi) is 17.4. The van der Waals surface area contributed by atoms with Crippen molar-refractivity contribution in [3.8, 4) is 0 Å². The summed E-state index contributed by atoms with van der Waals surface area (Å²) in [7, 11) is 0. The molecule has 5 heteroatoms. The Hall–Kier alpha value is -1.43. The SMILES string of the molecule is CC/C=C/C/C=C/C=C/C(O)CCCCCCCC(=O)OC(CO)CO. The van der Waals surface area contributed by atoms with E-state index >= 15 is 0 Å². The van der Waals surface area contributed by atoms with Gasteiger partial charge in [0, 0.05) is 6.42 Å². The second-order valence-corrected chi connectivity index (χ2v) is 6.28. The lowest BCUT2D eigenvalue weighted by Crippen LogP contribution is -2.25. The predicted molar refractivity (Wildman–Crippen MR) is 105 cm³/mol. The van der Waals surface area contributed by atoms with E-state index in [4.69, 9.17) is 14.9 Å². The number of aliphatic hydroxyl groups excluding tert-OH is 3. The van der Waals surface area contributed by atoms with Gasteiger partial charge in [-0.1, -0.05) is 69.1 Å². The second kappa shape index (κ2) is 18.4. The van der Waals surface area contributed by atoms with Crippen molar-refractivity contribution in [2.45, 2.75) is 76.9 Å². The minimum absolute atomic E-state index is 0.307. The number of carbonyl (C=O) groups is 1. The van der Waals surface area contributed by atoms with Crippen molar-refractivity contribution >= 4 is 5.97 Å². The van der Waals surface area contributed by atoms with Crippen LogP contribution < -0.4 is 0 Å². The van der Waals surface area contributed by atoms with Crippen LogP contribution in [0.1, 0.15) is 64.7 Å². The number of aliphatic hydroxyl groups is 3. The minimum atomic E-state index is -0.806. The highest BCUT2D eigenvalue weighted by atomic mass is 16.6. The molecule has 0 spiro atoms. The average molecular weight is 369 g/mol. The molecule has 0 aliphatic rings. The van der Waals surface area contributed by atoms with Gasteiger partial charge in [0.1, 0.15) is 6.10 Å². The van der Waals surface area contributed by atoms with Gasteiger partial charge in [0.05, 0.1) is 19.3 Å². The van der Waals surface area contributed by atoms with Gasteiger partial charge in [-0.3, -0.25) is 4.79 Å². The van der Waals surface area contributed by atoms with Crippen molar-refractivity contribution in [3.63, 3.8) is 0 Å². The van der Waals surface area contributed by atoms with Crippen LogP contribution in [0.5, 0.6) is 0 Å². The summed E-state index contributed by atoms with van der Waals surface area (Å²) in [5.41, 5.74) is 0. The van der Waals surface area contributed by atoms with Crippen molar-refractivity contribution in [3.05, 3.63) is 36.5 Å². The van der Waals surface area contributed by atoms with E-state index in [1.54, 1.807) is 0 Å². The third-order valence-corrected chi connectivity index (χ3v) is 3.84. The molecule has 1 atom stereocenters. The van der Waals surface area contributed by atoms with E-state index in [0.717, 1.165) is 51.4 Å². The number of allylic oxidation sites excluding steroid dienone is 5. The Morgan fingerprint density at radius 1 is 0.962 bits per heavy atom. The molecule has 0 aromatic heterocycles. The normalized spacial score (nSPS) is 13.4. The monoisotopic (exact) mass is 368 g/mol. The zero-order valence-corrected chi connectivity index (χ0v) is 16.1. The van der Waals surface area contributed by atoms with E-state index in [0.29, 0.717) is 6.42 Å². The van der Waals surface area contributed by atoms with Gasteiger partial charge < -0.3 is 20.1 Å². The first kappa shape index (κ1) is 24.6. The molecule has 0 aromatic carbocycles. The molecule has 0 radical (unpaired) electrons. The summed E-state index contributed by atoms with van der Waals surface area (Å²) in [6.45, 7) is 1.40. The lowest BCUT2D eigenvalue weighted by Gasteiger charge is -2.12. The number of unbranched alkanes of at least 4 members (excludes halogenated alkanes) is 4.